The van der Waals surface area contributed by atoms with E-state index in [1.807, 2.05) is 37.3 Å². The van der Waals surface area contributed by atoms with Gasteiger partial charge in [0.2, 0.25) is 5.95 Å². The largest absolute Gasteiger partial charge is 0.356 e. The molecule has 3 rings (SSSR count). The highest BCUT2D eigenvalue weighted by Crippen LogP contribution is 2.19. The molecule has 0 bridgehead atoms. The Morgan fingerprint density at radius 3 is 2.72 bits per heavy atom. The van der Waals surface area contributed by atoms with Crippen molar-refractivity contribution in [2.45, 2.75) is 19.8 Å². The van der Waals surface area contributed by atoms with Crippen LogP contribution >= 0.6 is 22.6 Å². The van der Waals surface area contributed by atoms with E-state index in [-0.39, 0.29) is 5.91 Å². The van der Waals surface area contributed by atoms with Gasteiger partial charge in [0.1, 0.15) is 5.82 Å². The predicted octanol–water partition coefficient (Wildman–Crippen LogP) is 2.83. The van der Waals surface area contributed by atoms with Crippen LogP contribution in [0, 0.1) is 10.5 Å². The van der Waals surface area contributed by atoms with Crippen LogP contribution in [-0.4, -0.2) is 42.1 Å². The van der Waals surface area contributed by atoms with Gasteiger partial charge in [-0.05, 0) is 54.5 Å². The predicted molar refractivity (Wildman–Crippen MR) is 108 cm³/mol. The number of halogens is 1. The maximum atomic E-state index is 12.2. The van der Waals surface area contributed by atoms with E-state index >= 15 is 0 Å². The zero-order valence-electron chi connectivity index (χ0n) is 14.3. The molecule has 25 heavy (non-hydrogen) atoms. The highest BCUT2D eigenvalue weighted by atomic mass is 127. The van der Waals surface area contributed by atoms with Crippen LogP contribution in [0.25, 0.3) is 0 Å². The highest BCUT2D eigenvalue weighted by Gasteiger charge is 2.15. The minimum Gasteiger partial charge on any atom is -0.356 e. The van der Waals surface area contributed by atoms with Gasteiger partial charge in [-0.1, -0.05) is 12.1 Å². The summed E-state index contributed by atoms with van der Waals surface area (Å²) in [5.74, 6) is 1.54. The van der Waals surface area contributed by atoms with Crippen molar-refractivity contribution in [2.75, 3.05) is 36.4 Å². The molecule has 0 spiro atoms. The van der Waals surface area contributed by atoms with Crippen molar-refractivity contribution in [3.63, 3.8) is 0 Å². The van der Waals surface area contributed by atoms with Crippen molar-refractivity contribution in [1.82, 2.24) is 15.3 Å². The standard InChI is InChI=1S/C18H22IN5O/c1-13-12-16(24-10-4-5-11-24)23-18(22-13)21-9-8-20-17(25)14-6-2-3-7-15(14)19/h2-3,6-7,12H,4-5,8-11H2,1H3,(H,20,25)(H,21,22,23). The van der Waals surface area contributed by atoms with Crippen LogP contribution in [0.1, 0.15) is 28.9 Å². The van der Waals surface area contributed by atoms with E-state index < -0.39 is 0 Å². The Balaban J connectivity index is 1.52. The van der Waals surface area contributed by atoms with E-state index in [0.717, 1.165) is 28.2 Å². The molecule has 1 saturated heterocycles. The number of carbonyl (C=O) groups is 1. The van der Waals surface area contributed by atoms with E-state index in [1.165, 1.54) is 12.8 Å². The van der Waals surface area contributed by atoms with Crippen LogP contribution < -0.4 is 15.5 Å². The lowest BCUT2D eigenvalue weighted by molar-refractivity contribution is 0.0954. The number of nitrogens with one attached hydrogen (secondary N) is 2. The van der Waals surface area contributed by atoms with Crippen LogP contribution in [0.3, 0.4) is 0 Å². The number of anilines is 2. The number of aromatic nitrogens is 2. The molecule has 0 atom stereocenters. The number of hydrogen-bond acceptors (Lipinski definition) is 5. The summed E-state index contributed by atoms with van der Waals surface area (Å²) >= 11 is 2.17. The maximum Gasteiger partial charge on any atom is 0.252 e. The lowest BCUT2D eigenvalue weighted by Gasteiger charge is -2.17. The fraction of sp³-hybridized carbons (Fsp3) is 0.389. The molecule has 1 aliphatic heterocycles. The third kappa shape index (κ3) is 4.81. The fourth-order valence-electron chi connectivity index (χ4n) is 2.83. The number of rotatable bonds is 6. The Kier molecular flexibility index (Phi) is 6.06. The van der Waals surface area contributed by atoms with E-state index in [4.69, 9.17) is 0 Å². The third-order valence-electron chi connectivity index (χ3n) is 4.08. The molecule has 1 aromatic heterocycles. The molecule has 2 N–H and O–H groups in total. The first-order valence-corrected chi connectivity index (χ1v) is 9.58. The molecular formula is C18H22IN5O. The zero-order chi connectivity index (χ0) is 17.6. The zero-order valence-corrected chi connectivity index (χ0v) is 16.4. The van der Waals surface area contributed by atoms with Crippen LogP contribution in [0.15, 0.2) is 30.3 Å². The summed E-state index contributed by atoms with van der Waals surface area (Å²) in [4.78, 5) is 23.5. The van der Waals surface area contributed by atoms with Gasteiger partial charge in [-0.3, -0.25) is 4.79 Å². The van der Waals surface area contributed by atoms with Crippen LogP contribution in [0.2, 0.25) is 0 Å². The Morgan fingerprint density at radius 1 is 1.20 bits per heavy atom. The van der Waals surface area contributed by atoms with Gasteiger partial charge in [0.15, 0.2) is 0 Å². The molecule has 0 aliphatic carbocycles. The van der Waals surface area contributed by atoms with Crippen molar-refractivity contribution < 1.29 is 4.79 Å². The number of amides is 1. The lowest BCUT2D eigenvalue weighted by Crippen LogP contribution is -2.29. The van der Waals surface area contributed by atoms with Gasteiger partial charge in [-0.2, -0.15) is 4.98 Å². The summed E-state index contributed by atoms with van der Waals surface area (Å²) in [5.41, 5.74) is 1.65. The van der Waals surface area contributed by atoms with E-state index in [2.05, 4.69) is 48.1 Å². The Hall–Kier alpha value is -1.90. The molecule has 132 valence electrons. The second-order valence-corrected chi connectivity index (χ2v) is 7.21. The van der Waals surface area contributed by atoms with Gasteiger partial charge in [0.25, 0.3) is 5.91 Å². The van der Waals surface area contributed by atoms with E-state index in [0.29, 0.717) is 24.6 Å². The quantitative estimate of drug-likeness (QED) is 0.522. The van der Waals surface area contributed by atoms with Crippen molar-refractivity contribution in [1.29, 1.82) is 0 Å². The monoisotopic (exact) mass is 451 g/mol. The smallest absolute Gasteiger partial charge is 0.252 e. The van der Waals surface area contributed by atoms with Crippen molar-refractivity contribution in [3.8, 4) is 0 Å². The molecule has 2 heterocycles. The summed E-state index contributed by atoms with van der Waals surface area (Å²) in [6.07, 6.45) is 2.44. The minimum atomic E-state index is -0.0604. The van der Waals surface area contributed by atoms with Gasteiger partial charge >= 0.3 is 0 Å². The molecule has 0 saturated carbocycles. The minimum absolute atomic E-state index is 0.0604. The molecular weight excluding hydrogens is 429 g/mol. The third-order valence-corrected chi connectivity index (χ3v) is 5.02. The summed E-state index contributed by atoms with van der Waals surface area (Å²) in [7, 11) is 0. The van der Waals surface area contributed by atoms with Gasteiger partial charge in [-0.25, -0.2) is 4.98 Å². The number of benzene rings is 1. The first kappa shape index (κ1) is 17.9. The average Bonchev–Trinajstić information content (AvgIpc) is 3.13. The first-order valence-electron chi connectivity index (χ1n) is 8.51. The van der Waals surface area contributed by atoms with Crippen LogP contribution in [0.5, 0.6) is 0 Å². The molecule has 1 aliphatic rings. The summed E-state index contributed by atoms with van der Waals surface area (Å²) in [6, 6.07) is 9.57. The molecule has 6 nitrogen and oxygen atoms in total. The van der Waals surface area contributed by atoms with Crippen molar-refractivity contribution in [3.05, 3.63) is 45.2 Å². The molecule has 0 radical (unpaired) electrons. The Morgan fingerprint density at radius 2 is 1.96 bits per heavy atom. The SMILES string of the molecule is Cc1cc(N2CCCC2)nc(NCCNC(=O)c2ccccc2I)n1. The number of carbonyl (C=O) groups excluding carboxylic acids is 1. The van der Waals surface area contributed by atoms with Crippen LogP contribution in [-0.2, 0) is 0 Å². The normalized spacial score (nSPS) is 13.8. The molecule has 0 unspecified atom stereocenters. The lowest BCUT2D eigenvalue weighted by atomic mass is 10.2. The fourth-order valence-corrected chi connectivity index (χ4v) is 3.46. The second kappa shape index (κ2) is 8.46. The van der Waals surface area contributed by atoms with E-state index in [9.17, 15) is 4.79 Å². The Labute approximate surface area is 161 Å². The summed E-state index contributed by atoms with van der Waals surface area (Å²) in [5, 5.41) is 6.13. The van der Waals surface area contributed by atoms with E-state index in [1.54, 1.807) is 0 Å². The maximum absolute atomic E-state index is 12.2. The summed E-state index contributed by atoms with van der Waals surface area (Å²) < 4.78 is 0.947. The average molecular weight is 451 g/mol. The number of aryl methyl sites for hydroxylation is 1. The van der Waals surface area contributed by atoms with Crippen molar-refractivity contribution >= 4 is 40.3 Å². The molecule has 1 amide bonds. The van der Waals surface area contributed by atoms with Gasteiger partial charge in [-0.15, -0.1) is 0 Å². The summed E-state index contributed by atoms with van der Waals surface area (Å²) in [6.45, 7) is 5.19. The molecule has 2 aromatic rings. The van der Waals surface area contributed by atoms with Crippen LogP contribution in [0.4, 0.5) is 11.8 Å². The highest BCUT2D eigenvalue weighted by molar-refractivity contribution is 14.1. The first-order chi connectivity index (χ1) is 12.1. The molecule has 1 aromatic carbocycles. The molecule has 1 fully saturated rings. The number of nitrogens with zero attached hydrogens (tertiary/aromatic N) is 3. The second-order valence-electron chi connectivity index (χ2n) is 6.05. The topological polar surface area (TPSA) is 70.2 Å². The van der Waals surface area contributed by atoms with Crippen molar-refractivity contribution in [2.24, 2.45) is 0 Å². The number of hydrogen-bond donors (Lipinski definition) is 2. The van der Waals surface area contributed by atoms with Gasteiger partial charge in [0.05, 0.1) is 5.56 Å². The Bertz CT molecular complexity index is 746. The molecule has 7 heteroatoms. The van der Waals surface area contributed by atoms with Gasteiger partial charge < -0.3 is 15.5 Å². The van der Waals surface area contributed by atoms with Gasteiger partial charge in [0, 0.05) is 41.5 Å².